The molecule has 0 unspecified atom stereocenters. The van der Waals surface area contributed by atoms with Gasteiger partial charge in [-0.3, -0.25) is 14.3 Å². The van der Waals surface area contributed by atoms with Gasteiger partial charge in [-0.1, -0.05) is 18.2 Å². The Bertz CT molecular complexity index is 1090. The van der Waals surface area contributed by atoms with E-state index in [4.69, 9.17) is 4.74 Å². The van der Waals surface area contributed by atoms with E-state index in [1.807, 2.05) is 60.9 Å². The van der Waals surface area contributed by atoms with E-state index in [-0.39, 0.29) is 17.2 Å². The third-order valence-electron chi connectivity index (χ3n) is 7.04. The first-order valence-corrected chi connectivity index (χ1v) is 12.9. The summed E-state index contributed by atoms with van der Waals surface area (Å²) in [6.07, 6.45) is 6.30. The third kappa shape index (κ3) is 4.92. The minimum Gasteiger partial charge on any atom is -0.493 e. The number of piperidine rings is 1. The molecule has 1 aromatic heterocycles. The number of para-hydroxylation sites is 1. The molecule has 0 bridgehead atoms. The van der Waals surface area contributed by atoms with Crippen LogP contribution in [0.5, 0.6) is 5.75 Å². The molecule has 0 N–H and O–H groups in total. The first kappa shape index (κ1) is 24.5. The summed E-state index contributed by atoms with van der Waals surface area (Å²) in [5, 5.41) is 4.47. The van der Waals surface area contributed by atoms with Crippen molar-refractivity contribution < 1.29 is 14.3 Å². The first-order valence-electron chi connectivity index (χ1n) is 12.1. The van der Waals surface area contributed by atoms with E-state index < -0.39 is 0 Å². The Kier molecular flexibility index (Phi) is 7.45. The van der Waals surface area contributed by atoms with Gasteiger partial charge in [0.2, 0.25) is 5.91 Å². The van der Waals surface area contributed by atoms with Gasteiger partial charge in [-0.05, 0) is 73.5 Å². The van der Waals surface area contributed by atoms with Crippen molar-refractivity contribution in [2.45, 2.75) is 46.6 Å². The lowest BCUT2D eigenvalue weighted by Gasteiger charge is -2.39. The Balaban J connectivity index is 1.36. The molecule has 3 heterocycles. The average Bonchev–Trinajstić information content (AvgIpc) is 3.39. The van der Waals surface area contributed by atoms with Crippen molar-refractivity contribution in [3.8, 4) is 5.75 Å². The highest BCUT2D eigenvalue weighted by atomic mass is 79.9. The number of likely N-dealkylation sites (tertiary alicyclic amines) is 2. The number of hydrogen-bond donors (Lipinski definition) is 0. The highest BCUT2D eigenvalue weighted by Gasteiger charge is 2.43. The molecular weight excluding hydrogens is 496 g/mol. The van der Waals surface area contributed by atoms with Crippen LogP contribution in [0, 0.1) is 12.3 Å². The van der Waals surface area contributed by atoms with Crippen molar-refractivity contribution in [1.29, 1.82) is 0 Å². The predicted molar refractivity (Wildman–Crippen MR) is 136 cm³/mol. The minimum atomic E-state index is 0.0262. The zero-order valence-electron chi connectivity index (χ0n) is 20.2. The summed E-state index contributed by atoms with van der Waals surface area (Å²) < 4.78 is 8.22. The Morgan fingerprint density at radius 2 is 1.79 bits per heavy atom. The van der Waals surface area contributed by atoms with E-state index in [0.29, 0.717) is 31.9 Å². The molecule has 2 saturated heterocycles. The third-order valence-corrected chi connectivity index (χ3v) is 7.99. The van der Waals surface area contributed by atoms with Crippen LogP contribution in [0.4, 0.5) is 0 Å². The summed E-state index contributed by atoms with van der Waals surface area (Å²) in [6.45, 7) is 10.0. The van der Waals surface area contributed by atoms with Crippen LogP contribution in [0.2, 0.25) is 0 Å². The normalized spacial score (nSPS) is 17.6. The number of halogens is 1. The standard InChI is InChI=1S/C26H33BrN4O3/c1-4-31-24(23(27)19(3)28-31)25(33)30-17-14-26(18-30)12-15-29(16-13-26)22(32)11-10-20-8-6-7-9-21(20)34-5-2/h6-11H,4-5,12-18H2,1-3H3. The van der Waals surface area contributed by atoms with Crippen LogP contribution in [0.1, 0.15) is 54.9 Å². The Labute approximate surface area is 209 Å². The molecule has 2 aliphatic rings. The molecule has 4 rings (SSSR count). The zero-order valence-corrected chi connectivity index (χ0v) is 21.8. The van der Waals surface area contributed by atoms with Gasteiger partial charge in [-0.15, -0.1) is 0 Å². The van der Waals surface area contributed by atoms with E-state index in [1.54, 1.807) is 10.8 Å². The number of aryl methyl sites for hydroxylation is 2. The quantitative estimate of drug-likeness (QED) is 0.516. The van der Waals surface area contributed by atoms with E-state index in [9.17, 15) is 9.59 Å². The van der Waals surface area contributed by atoms with Gasteiger partial charge in [0.25, 0.3) is 5.91 Å². The first-order chi connectivity index (χ1) is 16.4. The number of carbonyl (C=O) groups is 2. The van der Waals surface area contributed by atoms with E-state index in [1.165, 1.54) is 0 Å². The zero-order chi connectivity index (χ0) is 24.3. The lowest BCUT2D eigenvalue weighted by Crippen LogP contribution is -2.44. The van der Waals surface area contributed by atoms with Crippen LogP contribution >= 0.6 is 15.9 Å². The largest absolute Gasteiger partial charge is 0.493 e. The van der Waals surface area contributed by atoms with Gasteiger partial charge in [0.15, 0.2) is 0 Å². The molecule has 0 radical (unpaired) electrons. The van der Waals surface area contributed by atoms with Gasteiger partial charge in [0.1, 0.15) is 11.4 Å². The van der Waals surface area contributed by atoms with Crippen LogP contribution in [0.25, 0.3) is 6.08 Å². The predicted octanol–water partition coefficient (Wildman–Crippen LogP) is 4.54. The minimum absolute atomic E-state index is 0.0262. The topological polar surface area (TPSA) is 67.7 Å². The van der Waals surface area contributed by atoms with Crippen molar-refractivity contribution in [1.82, 2.24) is 19.6 Å². The number of carbonyl (C=O) groups excluding carboxylic acids is 2. The van der Waals surface area contributed by atoms with Crippen LogP contribution in [0.3, 0.4) is 0 Å². The van der Waals surface area contributed by atoms with Crippen LogP contribution < -0.4 is 4.74 Å². The molecule has 2 fully saturated rings. The fourth-order valence-corrected chi connectivity index (χ4v) is 5.49. The molecule has 2 aromatic rings. The summed E-state index contributed by atoms with van der Waals surface area (Å²) in [7, 11) is 0. The maximum absolute atomic E-state index is 13.3. The van der Waals surface area contributed by atoms with E-state index in [0.717, 1.165) is 53.8 Å². The molecular formula is C26H33BrN4O3. The van der Waals surface area contributed by atoms with E-state index >= 15 is 0 Å². The molecule has 0 atom stereocenters. The molecule has 0 saturated carbocycles. The molecule has 34 heavy (non-hydrogen) atoms. The summed E-state index contributed by atoms with van der Waals surface area (Å²) in [6, 6.07) is 7.74. The molecule has 2 aliphatic heterocycles. The Morgan fingerprint density at radius 1 is 1.12 bits per heavy atom. The van der Waals surface area contributed by atoms with Crippen molar-refractivity contribution in [3.05, 3.63) is 51.8 Å². The second-order valence-corrected chi connectivity index (χ2v) is 9.96. The maximum Gasteiger partial charge on any atom is 0.273 e. The van der Waals surface area contributed by atoms with Gasteiger partial charge in [-0.25, -0.2) is 0 Å². The summed E-state index contributed by atoms with van der Waals surface area (Å²) in [5.74, 6) is 0.854. The molecule has 1 aromatic carbocycles. The van der Waals surface area contributed by atoms with Crippen molar-refractivity contribution >= 4 is 33.8 Å². The molecule has 7 nitrogen and oxygen atoms in total. The van der Waals surface area contributed by atoms with Gasteiger partial charge in [0, 0.05) is 44.4 Å². The van der Waals surface area contributed by atoms with Gasteiger partial charge >= 0.3 is 0 Å². The molecule has 182 valence electrons. The average molecular weight is 529 g/mol. The second-order valence-electron chi connectivity index (χ2n) is 9.17. The Morgan fingerprint density at radius 3 is 2.47 bits per heavy atom. The highest BCUT2D eigenvalue weighted by molar-refractivity contribution is 9.10. The summed E-state index contributed by atoms with van der Waals surface area (Å²) in [4.78, 5) is 30.0. The van der Waals surface area contributed by atoms with Gasteiger partial charge < -0.3 is 14.5 Å². The number of nitrogens with zero attached hydrogens (tertiary/aromatic N) is 4. The second kappa shape index (κ2) is 10.3. The number of aromatic nitrogens is 2. The van der Waals surface area contributed by atoms with Crippen molar-refractivity contribution in [2.24, 2.45) is 5.41 Å². The maximum atomic E-state index is 13.3. The smallest absolute Gasteiger partial charge is 0.273 e. The molecule has 2 amide bonds. The lowest BCUT2D eigenvalue weighted by atomic mass is 9.78. The van der Waals surface area contributed by atoms with Crippen molar-refractivity contribution in [2.75, 3.05) is 32.8 Å². The van der Waals surface area contributed by atoms with Crippen LogP contribution in [-0.2, 0) is 11.3 Å². The SMILES string of the molecule is CCOc1ccccc1C=CC(=O)N1CCC2(CC1)CCN(C(=O)c1c(Br)c(C)nn1CC)C2. The fraction of sp³-hybridized carbons (Fsp3) is 0.500. The van der Waals surface area contributed by atoms with E-state index in [2.05, 4.69) is 21.0 Å². The van der Waals surface area contributed by atoms with Gasteiger partial charge in [0.05, 0.1) is 16.8 Å². The monoisotopic (exact) mass is 528 g/mol. The fourth-order valence-electron chi connectivity index (χ4n) is 5.03. The molecule has 8 heteroatoms. The highest BCUT2D eigenvalue weighted by Crippen LogP contribution is 2.41. The lowest BCUT2D eigenvalue weighted by molar-refractivity contribution is -0.128. The number of rotatable bonds is 6. The van der Waals surface area contributed by atoms with Gasteiger partial charge in [-0.2, -0.15) is 5.10 Å². The number of benzene rings is 1. The summed E-state index contributed by atoms with van der Waals surface area (Å²) in [5.41, 5.74) is 2.48. The number of ether oxygens (including phenoxy) is 1. The Hall–Kier alpha value is -2.61. The molecule has 1 spiro atoms. The molecule has 0 aliphatic carbocycles. The summed E-state index contributed by atoms with van der Waals surface area (Å²) >= 11 is 3.56. The number of amides is 2. The number of hydrogen-bond acceptors (Lipinski definition) is 4. The van der Waals surface area contributed by atoms with Crippen molar-refractivity contribution in [3.63, 3.8) is 0 Å². The van der Waals surface area contributed by atoms with Crippen LogP contribution in [-0.4, -0.2) is 64.2 Å². The van der Waals surface area contributed by atoms with Crippen LogP contribution in [0.15, 0.2) is 34.8 Å².